The molecule has 0 saturated heterocycles. The molecule has 0 amide bonds. The number of carbonyl (C=O) groups excluding carboxylic acids is 2. The molecule has 2 aromatic rings. The van der Waals surface area contributed by atoms with Gasteiger partial charge in [0.15, 0.2) is 0 Å². The predicted molar refractivity (Wildman–Crippen MR) is 107 cm³/mol. The number of benzene rings is 2. The van der Waals surface area contributed by atoms with E-state index in [1.165, 1.54) is 13.8 Å². The lowest BCUT2D eigenvalue weighted by molar-refractivity contribution is -0.132. The second-order valence-corrected chi connectivity index (χ2v) is 6.26. The Kier molecular flexibility index (Phi) is 8.03. The Hall–Kier alpha value is -3.15. The smallest absolute Gasteiger partial charge is 0.308 e. The zero-order valence-electron chi connectivity index (χ0n) is 15.1. The zero-order chi connectivity index (χ0) is 19.5. The summed E-state index contributed by atoms with van der Waals surface area (Å²) in [4.78, 5) is 22.2. The summed E-state index contributed by atoms with van der Waals surface area (Å²) in [6.45, 7) is 2.72. The monoisotopic (exact) mass is 378 g/mol. The third-order valence-electron chi connectivity index (χ3n) is 3.08. The number of rotatable bonds is 4. The van der Waals surface area contributed by atoms with Crippen LogP contribution in [0.2, 0.25) is 0 Å². The normalized spacial score (nSPS) is 9.26. The van der Waals surface area contributed by atoms with Crippen LogP contribution in [0.4, 0.5) is 0 Å². The van der Waals surface area contributed by atoms with Crippen molar-refractivity contribution in [3.05, 3.63) is 59.7 Å². The van der Waals surface area contributed by atoms with Gasteiger partial charge in [-0.05, 0) is 24.3 Å². The standard InChI is InChI=1S/C22H18O4S/c1-17(23)25-21-13-5-3-9-19(21)11-7-15-27-16-8-12-20-10-4-6-14-22(20)26-18(2)24/h3-6,9-10,13-14H,15-16H2,1-2H3. The van der Waals surface area contributed by atoms with Crippen LogP contribution in [0.5, 0.6) is 11.5 Å². The van der Waals surface area contributed by atoms with E-state index in [0.717, 1.165) is 0 Å². The number of carbonyl (C=O) groups is 2. The molecule has 0 unspecified atom stereocenters. The highest BCUT2D eigenvalue weighted by atomic mass is 32.2. The summed E-state index contributed by atoms with van der Waals surface area (Å²) in [5.41, 5.74) is 1.35. The Morgan fingerprint density at radius 3 is 1.59 bits per heavy atom. The fraction of sp³-hybridized carbons (Fsp3) is 0.182. The van der Waals surface area contributed by atoms with E-state index in [-0.39, 0.29) is 11.9 Å². The SMILES string of the molecule is CC(=O)Oc1ccccc1C#CCSCC#Cc1ccccc1OC(C)=O. The average molecular weight is 378 g/mol. The highest BCUT2D eigenvalue weighted by Gasteiger charge is 2.03. The molecule has 2 rings (SSSR count). The minimum Gasteiger partial charge on any atom is -0.425 e. The third kappa shape index (κ3) is 7.32. The van der Waals surface area contributed by atoms with E-state index in [4.69, 9.17) is 9.47 Å². The maximum absolute atomic E-state index is 11.1. The fourth-order valence-electron chi connectivity index (χ4n) is 2.04. The molecule has 5 heteroatoms. The van der Waals surface area contributed by atoms with E-state index in [1.807, 2.05) is 24.3 Å². The first-order chi connectivity index (χ1) is 13.1. The number of ether oxygens (including phenoxy) is 2. The molecule has 4 nitrogen and oxygen atoms in total. The second-order valence-electron chi connectivity index (χ2n) is 5.28. The van der Waals surface area contributed by atoms with Crippen LogP contribution in [0.1, 0.15) is 25.0 Å². The topological polar surface area (TPSA) is 52.6 Å². The highest BCUT2D eigenvalue weighted by molar-refractivity contribution is 7.99. The molecule has 2 aromatic carbocycles. The molecular formula is C22H18O4S. The maximum Gasteiger partial charge on any atom is 0.308 e. The van der Waals surface area contributed by atoms with E-state index in [2.05, 4.69) is 23.7 Å². The average Bonchev–Trinajstić information content (AvgIpc) is 2.62. The molecule has 27 heavy (non-hydrogen) atoms. The van der Waals surface area contributed by atoms with Gasteiger partial charge in [-0.1, -0.05) is 47.9 Å². The number of esters is 2. The number of thioether (sulfide) groups is 1. The van der Waals surface area contributed by atoms with Crippen molar-refractivity contribution < 1.29 is 19.1 Å². The lowest BCUT2D eigenvalue weighted by atomic mass is 10.2. The third-order valence-corrected chi connectivity index (χ3v) is 3.77. The van der Waals surface area contributed by atoms with Gasteiger partial charge in [0, 0.05) is 13.8 Å². The summed E-state index contributed by atoms with van der Waals surface area (Å²) in [6.07, 6.45) is 0. The van der Waals surface area contributed by atoms with Crippen LogP contribution in [0, 0.1) is 23.7 Å². The number of hydrogen-bond acceptors (Lipinski definition) is 5. The lowest BCUT2D eigenvalue weighted by Crippen LogP contribution is -2.02. The highest BCUT2D eigenvalue weighted by Crippen LogP contribution is 2.17. The van der Waals surface area contributed by atoms with Crippen molar-refractivity contribution in [2.75, 3.05) is 11.5 Å². The minimum absolute atomic E-state index is 0.372. The zero-order valence-corrected chi connectivity index (χ0v) is 15.9. The van der Waals surface area contributed by atoms with Crippen LogP contribution < -0.4 is 9.47 Å². The Morgan fingerprint density at radius 2 is 1.19 bits per heavy atom. The van der Waals surface area contributed by atoms with E-state index < -0.39 is 0 Å². The summed E-state index contributed by atoms with van der Waals surface area (Å²) in [6, 6.07) is 14.3. The van der Waals surface area contributed by atoms with Crippen molar-refractivity contribution in [2.24, 2.45) is 0 Å². The van der Waals surface area contributed by atoms with Gasteiger partial charge in [0.2, 0.25) is 0 Å². The van der Waals surface area contributed by atoms with Crippen LogP contribution >= 0.6 is 11.8 Å². The Bertz CT molecular complexity index is 864. The van der Waals surface area contributed by atoms with Gasteiger partial charge in [-0.25, -0.2) is 0 Å². The molecule has 0 aliphatic carbocycles. The van der Waals surface area contributed by atoms with E-state index in [9.17, 15) is 9.59 Å². The quantitative estimate of drug-likeness (QED) is 0.352. The lowest BCUT2D eigenvalue weighted by Gasteiger charge is -2.02. The van der Waals surface area contributed by atoms with Gasteiger partial charge in [0.1, 0.15) is 11.5 Å². The molecular weight excluding hydrogens is 360 g/mol. The molecule has 0 fully saturated rings. The first kappa shape index (κ1) is 20.2. The van der Waals surface area contributed by atoms with Crippen LogP contribution in [-0.4, -0.2) is 23.4 Å². The molecule has 0 aromatic heterocycles. The summed E-state index contributed by atoms with van der Waals surface area (Å²) in [5, 5.41) is 0. The second kappa shape index (κ2) is 10.8. The van der Waals surface area contributed by atoms with Gasteiger partial charge < -0.3 is 9.47 Å². The summed E-state index contributed by atoms with van der Waals surface area (Å²) >= 11 is 1.57. The number of hydrogen-bond donors (Lipinski definition) is 0. The molecule has 0 aliphatic rings. The van der Waals surface area contributed by atoms with Gasteiger partial charge >= 0.3 is 11.9 Å². The minimum atomic E-state index is -0.372. The largest absolute Gasteiger partial charge is 0.425 e. The van der Waals surface area contributed by atoms with Crippen LogP contribution in [-0.2, 0) is 9.59 Å². The molecule has 0 radical (unpaired) electrons. The molecule has 0 saturated carbocycles. The van der Waals surface area contributed by atoms with Crippen molar-refractivity contribution in [1.29, 1.82) is 0 Å². The maximum atomic E-state index is 11.1. The molecule has 0 aliphatic heterocycles. The molecule has 0 atom stereocenters. The molecule has 0 N–H and O–H groups in total. The first-order valence-electron chi connectivity index (χ1n) is 8.16. The predicted octanol–water partition coefficient (Wildman–Crippen LogP) is 3.67. The van der Waals surface area contributed by atoms with Gasteiger partial charge in [0.05, 0.1) is 22.6 Å². The van der Waals surface area contributed by atoms with Crippen LogP contribution in [0.3, 0.4) is 0 Å². The van der Waals surface area contributed by atoms with Crippen molar-refractivity contribution >= 4 is 23.7 Å². The molecule has 0 spiro atoms. The van der Waals surface area contributed by atoms with Gasteiger partial charge in [-0.2, -0.15) is 0 Å². The fourth-order valence-corrected chi connectivity index (χ4v) is 2.49. The van der Waals surface area contributed by atoms with Gasteiger partial charge in [-0.15, -0.1) is 11.8 Å². The molecule has 0 bridgehead atoms. The van der Waals surface area contributed by atoms with Crippen molar-refractivity contribution in [3.63, 3.8) is 0 Å². The van der Waals surface area contributed by atoms with Crippen LogP contribution in [0.15, 0.2) is 48.5 Å². The van der Waals surface area contributed by atoms with Crippen molar-refractivity contribution in [2.45, 2.75) is 13.8 Å². The Balaban J connectivity index is 1.89. The van der Waals surface area contributed by atoms with Gasteiger partial charge in [-0.3, -0.25) is 9.59 Å². The Morgan fingerprint density at radius 1 is 0.778 bits per heavy atom. The summed E-state index contributed by atoms with van der Waals surface area (Å²) < 4.78 is 10.2. The van der Waals surface area contributed by atoms with E-state index in [0.29, 0.717) is 34.1 Å². The Labute approximate surface area is 163 Å². The van der Waals surface area contributed by atoms with Crippen molar-refractivity contribution in [1.82, 2.24) is 0 Å². The summed E-state index contributed by atoms with van der Waals surface area (Å²) in [5.74, 6) is 13.4. The molecule has 0 heterocycles. The van der Waals surface area contributed by atoms with E-state index >= 15 is 0 Å². The van der Waals surface area contributed by atoms with E-state index in [1.54, 1.807) is 36.0 Å². The molecule has 136 valence electrons. The first-order valence-corrected chi connectivity index (χ1v) is 9.32. The summed E-state index contributed by atoms with van der Waals surface area (Å²) in [7, 11) is 0. The number of para-hydroxylation sites is 2. The van der Waals surface area contributed by atoms with Crippen LogP contribution in [0.25, 0.3) is 0 Å². The van der Waals surface area contributed by atoms with Gasteiger partial charge in [0.25, 0.3) is 0 Å². The van der Waals surface area contributed by atoms with Crippen molar-refractivity contribution in [3.8, 4) is 35.2 Å².